The molecule has 0 bridgehead atoms. The predicted octanol–water partition coefficient (Wildman–Crippen LogP) is 21.4. The first kappa shape index (κ1) is 54.7. The number of furan rings is 2. The second kappa shape index (κ2) is 38.1. The van der Waals surface area contributed by atoms with Crippen molar-refractivity contribution in [2.45, 2.75) is 117 Å². The summed E-state index contributed by atoms with van der Waals surface area (Å²) in [5.41, 5.74) is 10.9. The van der Waals surface area contributed by atoms with E-state index in [9.17, 15) is 0 Å². The first-order valence-electron chi connectivity index (χ1n) is 42.0. The van der Waals surface area contributed by atoms with E-state index >= 15 is 0 Å². The number of fused-ring (bicyclic) bond motifs is 6. The van der Waals surface area contributed by atoms with E-state index in [1.54, 1.807) is 93.0 Å². The second-order valence-electron chi connectivity index (χ2n) is 24.0. The van der Waals surface area contributed by atoms with Crippen molar-refractivity contribution in [1.29, 1.82) is 0 Å². The first-order chi connectivity index (χ1) is 55.9. The normalized spacial score (nSPS) is 14.9. The zero-order valence-electron chi connectivity index (χ0n) is 79.1. The topological polar surface area (TPSA) is 164 Å². The van der Waals surface area contributed by atoms with E-state index < -0.39 is 64.7 Å². The van der Waals surface area contributed by atoms with Gasteiger partial charge in [-0.05, 0) is 158 Å². The Kier molecular flexibility index (Phi) is 20.7. The fourth-order valence-electron chi connectivity index (χ4n) is 10.3. The Hall–Kier alpha value is -9.00. The van der Waals surface area contributed by atoms with Crippen LogP contribution in [0.3, 0.4) is 0 Å². The van der Waals surface area contributed by atoms with Crippen LogP contribution in [0.5, 0.6) is 0 Å². The summed E-state index contributed by atoms with van der Waals surface area (Å²) < 4.78 is 184. The molecule has 0 atom stereocenters. The number of aryl methyl sites for hydroxylation is 8. The number of para-hydroxylation sites is 1. The smallest absolute Gasteiger partial charge is 0.227 e. The van der Waals surface area contributed by atoms with Gasteiger partial charge in [-0.3, -0.25) is 4.98 Å². The predicted molar refractivity (Wildman–Crippen MR) is 412 cm³/mol. The number of aromatic nitrogens is 6. The summed E-state index contributed by atoms with van der Waals surface area (Å²) in [6.07, 6.45) is 2.76. The molecule has 8 heterocycles. The summed E-state index contributed by atoms with van der Waals surface area (Å²) in [5, 5.41) is 24.0. The van der Waals surface area contributed by atoms with Gasteiger partial charge in [0.15, 0.2) is 0 Å². The molecule has 3 N–H and O–H groups in total. The zero-order valence-corrected chi connectivity index (χ0v) is 61.9. The van der Waals surface area contributed by atoms with Gasteiger partial charge in [-0.1, -0.05) is 192 Å². The summed E-state index contributed by atoms with van der Waals surface area (Å²) >= 11 is 0. The molecule has 101 heavy (non-hydrogen) atoms. The number of benzene rings is 6. The van der Waals surface area contributed by atoms with Crippen molar-refractivity contribution < 1.29 is 94.5 Å². The maximum Gasteiger partial charge on any atom is 0.227 e. The maximum atomic E-state index is 8.56. The number of hydrogen-bond acceptors (Lipinski definition) is 11. The van der Waals surface area contributed by atoms with Gasteiger partial charge in [-0.15, -0.1) is 76.9 Å². The molecule has 6 aromatic carbocycles. The fourth-order valence-corrected chi connectivity index (χ4v) is 10.3. The van der Waals surface area contributed by atoms with E-state index in [0.29, 0.717) is 95.0 Å². The number of aliphatic hydroxyl groups is 3. The van der Waals surface area contributed by atoms with Crippen molar-refractivity contribution in [3.05, 3.63) is 275 Å². The van der Waals surface area contributed by atoms with Gasteiger partial charge in [-0.25, -0.2) is 9.97 Å². The van der Waals surface area contributed by atoms with Gasteiger partial charge in [0.25, 0.3) is 0 Å². The summed E-state index contributed by atoms with van der Waals surface area (Å²) in [6, 6.07) is 59.9. The quantitative estimate of drug-likeness (QED) is 0.124. The Morgan fingerprint density at radius 3 is 1.31 bits per heavy atom. The monoisotopic (exact) mass is 1720 g/mol. The van der Waals surface area contributed by atoms with Crippen molar-refractivity contribution >= 4 is 44.1 Å². The molecule has 0 aliphatic carbocycles. The molecule has 8 aromatic heterocycles. The Labute approximate surface area is 656 Å². The van der Waals surface area contributed by atoms with Crippen LogP contribution in [-0.2, 0) is 53.0 Å². The third-order valence-corrected chi connectivity index (χ3v) is 14.6. The van der Waals surface area contributed by atoms with Crippen LogP contribution in [0.1, 0.15) is 135 Å². The van der Waals surface area contributed by atoms with Crippen molar-refractivity contribution in [1.82, 2.24) is 29.9 Å². The van der Waals surface area contributed by atoms with Gasteiger partial charge in [0, 0.05) is 150 Å². The van der Waals surface area contributed by atoms with Gasteiger partial charge in [0.05, 0.1) is 11.3 Å². The number of pyridine rings is 6. The Morgan fingerprint density at radius 1 is 0.416 bits per heavy atom. The molecule has 14 rings (SSSR count). The average Bonchev–Trinajstić information content (AvgIpc) is 1.56. The maximum absolute atomic E-state index is 8.56. The minimum absolute atomic E-state index is 0. The summed E-state index contributed by atoms with van der Waals surface area (Å²) in [4.78, 5) is 25.8. The van der Waals surface area contributed by atoms with Crippen LogP contribution in [0.4, 0.5) is 0 Å². The van der Waals surface area contributed by atoms with Gasteiger partial charge in [-0.2, -0.15) is 0 Å². The molecule has 13 heteroatoms. The van der Waals surface area contributed by atoms with Crippen molar-refractivity contribution in [2.24, 2.45) is 10.8 Å². The molecule has 11 nitrogen and oxygen atoms in total. The third-order valence-electron chi connectivity index (χ3n) is 14.6. The van der Waals surface area contributed by atoms with Gasteiger partial charge >= 0.3 is 0 Å². The molecule has 14 aromatic rings. The van der Waals surface area contributed by atoms with Crippen LogP contribution in [-0.4, -0.2) is 66.6 Å². The van der Waals surface area contributed by atoms with Gasteiger partial charge in [0.2, 0.25) is 11.4 Å². The zero-order chi connectivity index (χ0) is 89.4. The van der Waals surface area contributed by atoms with E-state index in [4.69, 9.17) is 54.3 Å². The van der Waals surface area contributed by atoms with Gasteiger partial charge < -0.3 is 39.1 Å². The average molecular weight is 1720 g/mol. The molecule has 0 amide bonds. The molecule has 0 spiro atoms. The Morgan fingerprint density at radius 2 is 0.861 bits per heavy atom. The summed E-state index contributed by atoms with van der Waals surface area (Å²) in [6.45, 7) is 0.977. The number of rotatable bonds is 8. The standard InChI is InChI=1S/C22H22N2O.C22H21N2O.2C20H18N.3CH4O.CH4.2Ir/c2*1-14-8-9-17-16-6-5-7-18(20(16)25-21(17)24-14)19-12-15(10-11-23-19)13-22(2,3)4;2*1-14-9-10-18(20-11-15(2)16(3)13-21-20)12-19(14)17-7-5-4-6-8-17;3*1-2;;;/h5-12H,13H2,1-4H3;5-6,8-12H,13H2,1-4H3;2*4-9,11-13H,1-3H3;3*2H,1H3;1H4;;/q;3*-1;;;;;;/i2*1D3,13D2;2*1D3,3D3;;;;;;. The Bertz CT molecular complexity index is 5520. The molecule has 2 radical (unpaired) electrons. The summed E-state index contributed by atoms with van der Waals surface area (Å²) in [7, 11) is 3.00. The van der Waals surface area contributed by atoms with E-state index in [1.165, 1.54) is 36.7 Å². The van der Waals surface area contributed by atoms with Crippen LogP contribution in [0, 0.1) is 84.0 Å². The van der Waals surface area contributed by atoms with E-state index in [0.717, 1.165) is 48.6 Å². The van der Waals surface area contributed by atoms with Crippen LogP contribution >= 0.6 is 0 Å². The Balaban J connectivity index is 0.000000283. The van der Waals surface area contributed by atoms with Crippen LogP contribution < -0.4 is 0 Å². The van der Waals surface area contributed by atoms with E-state index in [2.05, 4.69) is 48.1 Å². The summed E-state index contributed by atoms with van der Waals surface area (Å²) in [5.74, 6) is 0. The number of aliphatic hydroxyl groups excluding tert-OH is 3. The van der Waals surface area contributed by atoms with E-state index in [1.807, 2.05) is 126 Å². The number of nitrogens with zero attached hydrogens (tertiary/aromatic N) is 6. The molecular weight excluding hydrogens is 1610 g/mol. The molecular formula is C88H95Ir2N6O5-3. The van der Waals surface area contributed by atoms with Crippen molar-refractivity contribution in [2.75, 3.05) is 21.3 Å². The van der Waals surface area contributed by atoms with Gasteiger partial charge in [0.1, 0.15) is 5.58 Å². The number of hydrogen-bond donors (Lipinski definition) is 3. The largest absolute Gasteiger partial charge is 0.486 e. The molecule has 0 aliphatic rings. The molecule has 0 saturated carbocycles. The molecule has 0 saturated heterocycles. The fraction of sp³-hybridized carbons (Fsp3) is 0.250. The second-order valence-corrected chi connectivity index (χ2v) is 24.0. The molecule has 0 fully saturated rings. The molecule has 0 aliphatic heterocycles. The third kappa shape index (κ3) is 21.5. The SMILES string of the molecule is C.CO.CO.CO.[2H]C([2H])([2H])c1ccc2c(n1)oc1c(-c3cc(C([2H])([2H])C(C)(C)C)ccn3)[c-]ccc12.[2H]C([2H])([2H])c1ccc2c(n1)oc1c(-c3cc(C([2H])([2H])C(C)(C)C)ccn3)cccc12.[2H]C([2H])([2H])c1cnc(-c2[c-]cc(C([2H])([2H])[2H])c(-c3ccccc3)c2)cc1C.[2H]C([2H])([2H])c1cnc(-c2[c-]cc(C([2H])([2H])[2H])c(-c3ccccc3)c2)cc1C.[Ir].[Ir]. The van der Waals surface area contributed by atoms with Crippen molar-refractivity contribution in [3.8, 4) is 67.3 Å². The molecule has 0 unspecified atom stereocenters. The minimum Gasteiger partial charge on any atom is -0.486 e. The van der Waals surface area contributed by atoms with E-state index in [-0.39, 0.29) is 92.7 Å². The molecule has 528 valence electrons. The minimum atomic E-state index is -2.32. The first-order valence-corrected chi connectivity index (χ1v) is 31.0. The van der Waals surface area contributed by atoms with Crippen LogP contribution in [0.2, 0.25) is 0 Å². The van der Waals surface area contributed by atoms with Crippen molar-refractivity contribution in [3.63, 3.8) is 0 Å². The van der Waals surface area contributed by atoms with Crippen LogP contribution in [0.15, 0.2) is 210 Å². The van der Waals surface area contributed by atoms with Crippen LogP contribution in [0.25, 0.3) is 111 Å².